The van der Waals surface area contributed by atoms with Gasteiger partial charge in [0.25, 0.3) is 0 Å². The second kappa shape index (κ2) is 24.5. The Morgan fingerprint density at radius 1 is 0.633 bits per heavy atom. The topological polar surface area (TPSA) is 18.5 Å². The van der Waals surface area contributed by atoms with Crippen molar-refractivity contribution in [3.05, 3.63) is 168 Å². The Morgan fingerprint density at radius 2 is 1.08 bits per heavy atom. The van der Waals surface area contributed by atoms with Crippen molar-refractivity contribution >= 4 is 80.3 Å². The summed E-state index contributed by atoms with van der Waals surface area (Å²) in [6.07, 6.45) is 0.530. The number of hydrogen-bond acceptors (Lipinski definition) is 2. The van der Waals surface area contributed by atoms with E-state index in [1.807, 2.05) is 50.2 Å². The number of benzene rings is 5. The van der Waals surface area contributed by atoms with Crippen LogP contribution in [0.2, 0.25) is 15.1 Å². The van der Waals surface area contributed by atoms with Crippen molar-refractivity contribution in [2.75, 3.05) is 14.2 Å². The van der Waals surface area contributed by atoms with E-state index >= 15 is 0 Å². The molecule has 0 aromatic heterocycles. The van der Waals surface area contributed by atoms with Crippen molar-refractivity contribution < 1.29 is 39.0 Å². The fraction of sp³-hybridized carbons (Fsp3) is 0.162. The van der Waals surface area contributed by atoms with Crippen LogP contribution >= 0.6 is 80.3 Å². The number of halogens is 9. The van der Waals surface area contributed by atoms with Gasteiger partial charge in [-0.1, -0.05) is 103 Å². The Balaban J connectivity index is 0.000000336. The molecule has 0 aliphatic heterocycles. The molecular formula is C37H33Br3Cl3F3O2Zn. The van der Waals surface area contributed by atoms with E-state index in [1.165, 1.54) is 34.0 Å². The molecule has 5 rings (SSSR count). The molecule has 0 saturated carbocycles. The third-order valence-corrected chi connectivity index (χ3v) is 8.90. The zero-order chi connectivity index (χ0) is 37.1. The number of aryl methyl sites for hydroxylation is 2. The number of ether oxygens (including phenoxy) is 2. The predicted octanol–water partition coefficient (Wildman–Crippen LogP) is 14.0. The standard InChI is InChI=1S/C15H14ClFO.C8H9BrO.C7H5BrClF.C7H5ClF.BrH.Zn/c1-10-8-13(18-2)7-6-11(10)9-12-4-3-5-14(16)15(12)17;1-6-5-7(10-2)3-4-8(6)9;8-4-5-2-1-3-6(9)7(5)10;1-5-3-2-4-6(8)7(5)9;;/h3-8H,9H2,1-2H3;3-5H,1-2H3;1-3H,4H2;2-4H,1H2;1H;/q;;;-1;;+2/p-1. The van der Waals surface area contributed by atoms with Crippen LogP contribution in [-0.4, -0.2) is 14.2 Å². The summed E-state index contributed by atoms with van der Waals surface area (Å²) in [4.78, 5) is 0. The molecule has 0 amide bonds. The summed E-state index contributed by atoms with van der Waals surface area (Å²) in [7, 11) is 3.30. The molecule has 0 bridgehead atoms. The molecule has 0 aliphatic carbocycles. The van der Waals surface area contributed by atoms with E-state index in [2.05, 4.69) is 52.4 Å². The third kappa shape index (κ3) is 15.6. The maximum atomic E-state index is 13.8. The number of methoxy groups -OCH3 is 2. The molecule has 0 atom stereocenters. The van der Waals surface area contributed by atoms with Gasteiger partial charge in [0.15, 0.2) is 0 Å². The summed E-state index contributed by atoms with van der Waals surface area (Å²) in [5.74, 6) is 0.609. The molecule has 258 valence electrons. The first-order valence-corrected chi connectivity index (χ1v) is 24.2. The van der Waals surface area contributed by atoms with E-state index in [1.54, 1.807) is 56.7 Å². The van der Waals surface area contributed by atoms with E-state index in [-0.39, 0.29) is 26.7 Å². The molecule has 0 aliphatic rings. The van der Waals surface area contributed by atoms with E-state index in [4.69, 9.17) is 44.3 Å². The molecule has 12 heteroatoms. The third-order valence-electron chi connectivity index (χ3n) is 6.53. The van der Waals surface area contributed by atoms with E-state index in [9.17, 15) is 13.2 Å². The van der Waals surface area contributed by atoms with Crippen molar-refractivity contribution in [1.29, 1.82) is 0 Å². The van der Waals surface area contributed by atoms with Gasteiger partial charge in [-0.15, -0.1) is 6.07 Å². The van der Waals surface area contributed by atoms with Crippen LogP contribution in [0.4, 0.5) is 13.2 Å². The monoisotopic (exact) mass is 972 g/mol. The van der Waals surface area contributed by atoms with Gasteiger partial charge in [-0.05, 0) is 84.1 Å². The van der Waals surface area contributed by atoms with Gasteiger partial charge in [-0.25, -0.2) is 8.78 Å². The average molecular weight is 978 g/mol. The molecule has 5 aromatic rings. The molecule has 0 spiro atoms. The van der Waals surface area contributed by atoms with Gasteiger partial charge in [-0.2, -0.15) is 18.6 Å². The molecule has 0 radical (unpaired) electrons. The Hall–Kier alpha value is -1.71. The predicted molar refractivity (Wildman–Crippen MR) is 206 cm³/mol. The van der Waals surface area contributed by atoms with Gasteiger partial charge in [0.2, 0.25) is 0 Å². The fourth-order valence-electron chi connectivity index (χ4n) is 3.83. The molecule has 0 unspecified atom stereocenters. The van der Waals surface area contributed by atoms with Gasteiger partial charge in [0.05, 0.1) is 24.3 Å². The zero-order valence-corrected chi connectivity index (χ0v) is 37.2. The summed E-state index contributed by atoms with van der Waals surface area (Å²) in [5, 5.41) is 0.970. The summed E-state index contributed by atoms with van der Waals surface area (Å²) in [6, 6.07) is 26.4. The van der Waals surface area contributed by atoms with Crippen molar-refractivity contribution in [3.63, 3.8) is 0 Å². The molecule has 0 heterocycles. The van der Waals surface area contributed by atoms with Crippen molar-refractivity contribution in [1.82, 2.24) is 0 Å². The number of alkyl halides is 1. The first-order valence-electron chi connectivity index (χ1n) is 14.2. The number of rotatable bonds is 5. The van der Waals surface area contributed by atoms with Gasteiger partial charge in [0.1, 0.15) is 23.1 Å². The minimum absolute atomic E-state index is 0.127. The average Bonchev–Trinajstić information content (AvgIpc) is 3.10. The molecule has 5 aromatic carbocycles. The summed E-state index contributed by atoms with van der Waals surface area (Å²) < 4.78 is 50.5. The van der Waals surface area contributed by atoms with Gasteiger partial charge < -0.3 is 9.47 Å². The van der Waals surface area contributed by atoms with Crippen LogP contribution in [0.1, 0.15) is 33.4 Å². The minimum atomic E-state index is -0.431. The summed E-state index contributed by atoms with van der Waals surface area (Å²) in [5.41, 5.74) is 4.87. The van der Waals surface area contributed by atoms with Crippen LogP contribution in [0, 0.1) is 38.2 Å². The van der Waals surface area contributed by atoms with Crippen LogP contribution in [0.5, 0.6) is 11.5 Å². The molecule has 49 heavy (non-hydrogen) atoms. The molecule has 0 fully saturated rings. The first kappa shape index (κ1) is 45.3. The van der Waals surface area contributed by atoms with E-state index in [0.717, 1.165) is 27.1 Å². The molecular weight excluding hydrogens is 945 g/mol. The van der Waals surface area contributed by atoms with Crippen LogP contribution < -0.4 is 9.47 Å². The maximum absolute atomic E-state index is 13.8. The van der Waals surface area contributed by atoms with E-state index < -0.39 is 5.82 Å². The summed E-state index contributed by atoms with van der Waals surface area (Å²) in [6.45, 7) is 7.44. The van der Waals surface area contributed by atoms with Crippen LogP contribution in [0.25, 0.3) is 0 Å². The van der Waals surface area contributed by atoms with Gasteiger partial charge >= 0.3 is 30.0 Å². The van der Waals surface area contributed by atoms with Crippen LogP contribution in [0.3, 0.4) is 0 Å². The van der Waals surface area contributed by atoms with Crippen molar-refractivity contribution in [3.8, 4) is 11.5 Å². The summed E-state index contributed by atoms with van der Waals surface area (Å²) >= 11 is 27.5. The molecule has 2 nitrogen and oxygen atoms in total. The Bertz CT molecular complexity index is 1740. The normalized spacial score (nSPS) is 9.69. The number of hydrogen-bond donors (Lipinski definition) is 0. The van der Waals surface area contributed by atoms with Gasteiger partial charge in [-0.3, -0.25) is 4.39 Å². The SMILES string of the molecule is COc1ccc(Br)c(C)c1.COc1ccc(Cc2cccc(Cl)c2F)c(C)c1.Fc1c(Cl)cccc1CBr.[CH2-]c1cccc(Cl)c1F.[Zn+][Br]. The first-order chi connectivity index (χ1) is 23.3. The van der Waals surface area contributed by atoms with Crippen LogP contribution in [0.15, 0.2) is 95.5 Å². The second-order valence-electron chi connectivity index (χ2n) is 9.86. The van der Waals surface area contributed by atoms with E-state index in [0.29, 0.717) is 28.4 Å². The Kier molecular flexibility index (Phi) is 22.6. The Labute approximate surface area is 336 Å². The fourth-order valence-corrected chi connectivity index (χ4v) is 5.09. The second-order valence-corrected chi connectivity index (χ2v) is 12.5. The van der Waals surface area contributed by atoms with Crippen molar-refractivity contribution in [2.45, 2.75) is 25.6 Å². The quantitative estimate of drug-likeness (QED) is 0.0993. The Morgan fingerprint density at radius 3 is 1.51 bits per heavy atom. The van der Waals surface area contributed by atoms with Crippen LogP contribution in [-0.2, 0) is 28.1 Å². The van der Waals surface area contributed by atoms with Gasteiger partial charge in [0, 0.05) is 27.1 Å². The molecule has 0 N–H and O–H groups in total. The van der Waals surface area contributed by atoms with Crippen molar-refractivity contribution in [2.24, 2.45) is 0 Å². The molecule has 0 saturated heterocycles. The zero-order valence-electron chi connectivity index (χ0n) is 27.2.